The summed E-state index contributed by atoms with van der Waals surface area (Å²) in [6.45, 7) is 6.63. The summed E-state index contributed by atoms with van der Waals surface area (Å²) in [5.74, 6) is 1.15. The number of hydrogen-bond donors (Lipinski definition) is 1. The van der Waals surface area contributed by atoms with E-state index in [0.29, 0.717) is 6.61 Å². The Morgan fingerprint density at radius 2 is 1.67 bits per heavy atom. The minimum Gasteiger partial charge on any atom is -0.508 e. The molecular weight excluding hydrogens is 224 g/mol. The van der Waals surface area contributed by atoms with Crippen molar-refractivity contribution in [2.45, 2.75) is 27.4 Å². The van der Waals surface area contributed by atoms with Crippen molar-refractivity contribution in [3.05, 3.63) is 58.7 Å². The average molecular weight is 242 g/mol. The number of ether oxygens (including phenoxy) is 1. The van der Waals surface area contributed by atoms with Crippen LogP contribution in [0.25, 0.3) is 0 Å². The number of phenolic OH excluding ortho intramolecular Hbond substituents is 1. The largest absolute Gasteiger partial charge is 0.508 e. The van der Waals surface area contributed by atoms with E-state index >= 15 is 0 Å². The first kappa shape index (κ1) is 12.5. The Morgan fingerprint density at radius 3 is 2.39 bits per heavy atom. The van der Waals surface area contributed by atoms with E-state index in [0.717, 1.165) is 16.9 Å². The first-order chi connectivity index (χ1) is 8.59. The van der Waals surface area contributed by atoms with Crippen LogP contribution in [0.5, 0.6) is 11.5 Å². The summed E-state index contributed by atoms with van der Waals surface area (Å²) in [5.41, 5.74) is 4.48. The third-order valence-corrected chi connectivity index (χ3v) is 3.38. The maximum atomic E-state index is 9.68. The van der Waals surface area contributed by atoms with Crippen LogP contribution in [0.15, 0.2) is 36.4 Å². The van der Waals surface area contributed by atoms with E-state index in [1.54, 1.807) is 12.1 Å². The molecule has 0 unspecified atom stereocenters. The van der Waals surface area contributed by atoms with Gasteiger partial charge < -0.3 is 9.84 Å². The molecule has 0 atom stereocenters. The van der Waals surface area contributed by atoms with Gasteiger partial charge in [-0.15, -0.1) is 0 Å². The van der Waals surface area contributed by atoms with Gasteiger partial charge in [-0.05, 0) is 49.6 Å². The third kappa shape index (κ3) is 2.48. The van der Waals surface area contributed by atoms with Gasteiger partial charge >= 0.3 is 0 Å². The summed E-state index contributed by atoms with van der Waals surface area (Å²) >= 11 is 0. The summed E-state index contributed by atoms with van der Waals surface area (Å²) < 4.78 is 5.78. The molecule has 18 heavy (non-hydrogen) atoms. The highest BCUT2D eigenvalue weighted by molar-refractivity contribution is 5.43. The predicted octanol–water partition coefficient (Wildman–Crippen LogP) is 3.90. The van der Waals surface area contributed by atoms with Gasteiger partial charge in [0.05, 0.1) is 0 Å². The van der Waals surface area contributed by atoms with Crippen LogP contribution in [0.2, 0.25) is 0 Å². The van der Waals surface area contributed by atoms with E-state index in [1.807, 2.05) is 18.2 Å². The molecule has 1 N–H and O–H groups in total. The molecule has 2 aromatic carbocycles. The topological polar surface area (TPSA) is 29.5 Å². The third-order valence-electron chi connectivity index (χ3n) is 3.38. The van der Waals surface area contributed by atoms with Gasteiger partial charge in [0, 0.05) is 5.56 Å². The Hall–Kier alpha value is -1.96. The van der Waals surface area contributed by atoms with Crippen LogP contribution in [0.1, 0.15) is 22.3 Å². The number of rotatable bonds is 3. The predicted molar refractivity (Wildman–Crippen MR) is 73.1 cm³/mol. The summed E-state index contributed by atoms with van der Waals surface area (Å²) in [6, 6.07) is 11.3. The SMILES string of the molecule is Cc1ccc(OCc2ccccc2O)c(C)c1C. The van der Waals surface area contributed by atoms with Crippen LogP contribution in [-0.4, -0.2) is 5.11 Å². The molecule has 2 nitrogen and oxygen atoms in total. The number of aromatic hydroxyl groups is 1. The van der Waals surface area contributed by atoms with Crippen molar-refractivity contribution < 1.29 is 9.84 Å². The number of hydrogen-bond acceptors (Lipinski definition) is 2. The molecular formula is C16H18O2. The molecule has 2 heteroatoms. The average Bonchev–Trinajstić information content (AvgIpc) is 2.37. The van der Waals surface area contributed by atoms with E-state index in [1.165, 1.54) is 11.1 Å². The summed E-state index contributed by atoms with van der Waals surface area (Å²) in [4.78, 5) is 0. The van der Waals surface area contributed by atoms with Crippen molar-refractivity contribution in [1.29, 1.82) is 0 Å². The van der Waals surface area contributed by atoms with Gasteiger partial charge in [0.15, 0.2) is 0 Å². The fourth-order valence-corrected chi connectivity index (χ4v) is 1.88. The molecule has 0 fully saturated rings. The Morgan fingerprint density at radius 1 is 0.944 bits per heavy atom. The van der Waals surface area contributed by atoms with E-state index in [2.05, 4.69) is 26.8 Å². The van der Waals surface area contributed by atoms with Gasteiger partial charge in [-0.2, -0.15) is 0 Å². The Bertz CT molecular complexity index is 559. The molecule has 2 aromatic rings. The zero-order valence-electron chi connectivity index (χ0n) is 11.0. The second kappa shape index (κ2) is 5.13. The van der Waals surface area contributed by atoms with Crippen molar-refractivity contribution in [3.8, 4) is 11.5 Å². The van der Waals surface area contributed by atoms with Crippen LogP contribution in [-0.2, 0) is 6.61 Å². The maximum Gasteiger partial charge on any atom is 0.123 e. The molecule has 0 aromatic heterocycles. The summed E-state index contributed by atoms with van der Waals surface area (Å²) in [6.07, 6.45) is 0. The van der Waals surface area contributed by atoms with Crippen molar-refractivity contribution >= 4 is 0 Å². The number of aryl methyl sites for hydroxylation is 1. The van der Waals surface area contributed by atoms with Gasteiger partial charge in [-0.3, -0.25) is 0 Å². The molecule has 0 aliphatic rings. The highest BCUT2D eigenvalue weighted by Gasteiger charge is 2.06. The van der Waals surface area contributed by atoms with Crippen molar-refractivity contribution in [1.82, 2.24) is 0 Å². The van der Waals surface area contributed by atoms with Crippen molar-refractivity contribution in [2.24, 2.45) is 0 Å². The quantitative estimate of drug-likeness (QED) is 0.884. The molecule has 0 saturated heterocycles. The fourth-order valence-electron chi connectivity index (χ4n) is 1.88. The Balaban J connectivity index is 2.17. The normalized spacial score (nSPS) is 10.4. The van der Waals surface area contributed by atoms with Crippen molar-refractivity contribution in [2.75, 3.05) is 0 Å². The van der Waals surface area contributed by atoms with Gasteiger partial charge in [0.1, 0.15) is 18.1 Å². The highest BCUT2D eigenvalue weighted by atomic mass is 16.5. The van der Waals surface area contributed by atoms with Gasteiger partial charge in [0.25, 0.3) is 0 Å². The lowest BCUT2D eigenvalue weighted by molar-refractivity contribution is 0.297. The first-order valence-electron chi connectivity index (χ1n) is 6.06. The van der Waals surface area contributed by atoms with Gasteiger partial charge in [-0.1, -0.05) is 24.3 Å². The van der Waals surface area contributed by atoms with E-state index in [-0.39, 0.29) is 5.75 Å². The lowest BCUT2D eigenvalue weighted by Crippen LogP contribution is -1.99. The van der Waals surface area contributed by atoms with Gasteiger partial charge in [-0.25, -0.2) is 0 Å². The van der Waals surface area contributed by atoms with Crippen molar-refractivity contribution in [3.63, 3.8) is 0 Å². The fraction of sp³-hybridized carbons (Fsp3) is 0.250. The molecule has 2 rings (SSSR count). The van der Waals surface area contributed by atoms with Gasteiger partial charge in [0.2, 0.25) is 0 Å². The molecule has 0 aliphatic carbocycles. The number of phenols is 1. The molecule has 0 aliphatic heterocycles. The zero-order chi connectivity index (χ0) is 13.1. The lowest BCUT2D eigenvalue weighted by Gasteiger charge is -2.13. The second-order valence-corrected chi connectivity index (χ2v) is 4.55. The Labute approximate surface area is 108 Å². The van der Waals surface area contributed by atoms with Crippen LogP contribution in [0, 0.1) is 20.8 Å². The molecule has 0 radical (unpaired) electrons. The van der Waals surface area contributed by atoms with Crippen LogP contribution >= 0.6 is 0 Å². The highest BCUT2D eigenvalue weighted by Crippen LogP contribution is 2.25. The summed E-state index contributed by atoms with van der Waals surface area (Å²) in [5, 5.41) is 9.68. The summed E-state index contributed by atoms with van der Waals surface area (Å²) in [7, 11) is 0. The lowest BCUT2D eigenvalue weighted by atomic mass is 10.0. The molecule has 0 amide bonds. The smallest absolute Gasteiger partial charge is 0.123 e. The van der Waals surface area contributed by atoms with Crippen LogP contribution in [0.4, 0.5) is 0 Å². The zero-order valence-corrected chi connectivity index (χ0v) is 11.0. The van der Waals surface area contributed by atoms with Crippen LogP contribution in [0.3, 0.4) is 0 Å². The monoisotopic (exact) mass is 242 g/mol. The minimum atomic E-state index is 0.277. The first-order valence-corrected chi connectivity index (χ1v) is 6.06. The minimum absolute atomic E-state index is 0.277. The molecule has 0 heterocycles. The van der Waals surface area contributed by atoms with Crippen LogP contribution < -0.4 is 4.74 Å². The molecule has 0 saturated carbocycles. The Kier molecular flexibility index (Phi) is 3.56. The maximum absolute atomic E-state index is 9.68. The molecule has 0 bridgehead atoms. The van der Waals surface area contributed by atoms with E-state index < -0.39 is 0 Å². The second-order valence-electron chi connectivity index (χ2n) is 4.55. The molecule has 94 valence electrons. The number of para-hydroxylation sites is 1. The van der Waals surface area contributed by atoms with E-state index in [4.69, 9.17) is 4.74 Å². The van der Waals surface area contributed by atoms with E-state index in [9.17, 15) is 5.11 Å². The number of benzene rings is 2. The standard InChI is InChI=1S/C16H18O2/c1-11-8-9-16(13(3)12(11)2)18-10-14-6-4-5-7-15(14)17/h4-9,17H,10H2,1-3H3. The molecule has 0 spiro atoms.